The van der Waals surface area contributed by atoms with Gasteiger partial charge >= 0.3 is 0 Å². The summed E-state index contributed by atoms with van der Waals surface area (Å²) in [6, 6.07) is 3.24. The number of hydrogen-bond donors (Lipinski definition) is 2. The van der Waals surface area contributed by atoms with Gasteiger partial charge in [0.2, 0.25) is 0 Å². The zero-order valence-electron chi connectivity index (χ0n) is 9.95. The lowest BCUT2D eigenvalue weighted by Gasteiger charge is -2.02. The van der Waals surface area contributed by atoms with Gasteiger partial charge in [0.15, 0.2) is 5.69 Å². The fourth-order valence-electron chi connectivity index (χ4n) is 1.23. The maximum atomic E-state index is 11.7. The number of rotatable bonds is 4. The van der Waals surface area contributed by atoms with E-state index in [-0.39, 0.29) is 11.6 Å². The van der Waals surface area contributed by atoms with Crippen molar-refractivity contribution in [2.24, 2.45) is 7.05 Å². The molecule has 2 rings (SSSR count). The molecule has 0 saturated heterocycles. The molecule has 9 heteroatoms. The number of nitrogens with one attached hydrogen (secondary N) is 2. The maximum absolute atomic E-state index is 11.7. The summed E-state index contributed by atoms with van der Waals surface area (Å²) in [5.74, 6) is 0.310. The predicted molar refractivity (Wildman–Crippen MR) is 62.9 cm³/mol. The first-order valence-electron chi connectivity index (χ1n) is 5.32. The molecule has 0 aliphatic rings. The molecule has 18 heavy (non-hydrogen) atoms. The molecular formula is C9H12N8O. The third-order valence-electron chi connectivity index (χ3n) is 1.99. The molecular weight excluding hydrogens is 236 g/mol. The van der Waals surface area contributed by atoms with E-state index >= 15 is 0 Å². The fraction of sp³-hybridized carbons (Fsp3) is 0.333. The normalized spacial score (nSPS) is 10.1. The summed E-state index contributed by atoms with van der Waals surface area (Å²) in [5.41, 5.74) is 0.184. The number of nitrogens with zero attached hydrogens (tertiary/aromatic N) is 6. The van der Waals surface area contributed by atoms with Crippen LogP contribution in [0.4, 0.5) is 11.8 Å². The van der Waals surface area contributed by atoms with Crippen LogP contribution in [0.3, 0.4) is 0 Å². The number of carbonyl (C=O) groups is 1. The van der Waals surface area contributed by atoms with E-state index in [0.29, 0.717) is 5.82 Å². The van der Waals surface area contributed by atoms with Crippen molar-refractivity contribution in [1.82, 2.24) is 30.4 Å². The number of carbonyl (C=O) groups excluding carboxylic acids is 1. The van der Waals surface area contributed by atoms with Gasteiger partial charge in [0, 0.05) is 6.54 Å². The summed E-state index contributed by atoms with van der Waals surface area (Å²) in [7, 11) is 1.60. The van der Waals surface area contributed by atoms with Gasteiger partial charge in [-0.1, -0.05) is 5.10 Å². The van der Waals surface area contributed by atoms with E-state index in [1.54, 1.807) is 19.2 Å². The second-order valence-electron chi connectivity index (χ2n) is 3.39. The quantitative estimate of drug-likeness (QED) is 0.763. The molecule has 0 saturated carbocycles. The van der Waals surface area contributed by atoms with Crippen molar-refractivity contribution in [2.75, 3.05) is 17.2 Å². The van der Waals surface area contributed by atoms with E-state index in [1.807, 2.05) is 6.92 Å². The van der Waals surface area contributed by atoms with E-state index in [4.69, 9.17) is 0 Å². The summed E-state index contributed by atoms with van der Waals surface area (Å²) in [4.78, 5) is 13.0. The summed E-state index contributed by atoms with van der Waals surface area (Å²) in [6.45, 7) is 2.69. The second kappa shape index (κ2) is 5.17. The number of hydrogen-bond acceptors (Lipinski definition) is 7. The van der Waals surface area contributed by atoms with Gasteiger partial charge in [-0.15, -0.1) is 15.3 Å². The van der Waals surface area contributed by atoms with Crippen LogP contribution in [0, 0.1) is 0 Å². The van der Waals surface area contributed by atoms with Gasteiger partial charge in [0.1, 0.15) is 5.82 Å². The van der Waals surface area contributed by atoms with Crippen molar-refractivity contribution in [3.05, 3.63) is 17.8 Å². The van der Waals surface area contributed by atoms with Crippen LogP contribution in [0.5, 0.6) is 0 Å². The maximum Gasteiger partial charge on any atom is 0.278 e. The Morgan fingerprint density at radius 3 is 2.72 bits per heavy atom. The first-order chi connectivity index (χ1) is 8.69. The number of amides is 1. The van der Waals surface area contributed by atoms with Crippen LogP contribution in [0.25, 0.3) is 0 Å². The fourth-order valence-corrected chi connectivity index (χ4v) is 1.23. The Hall–Kier alpha value is -2.58. The summed E-state index contributed by atoms with van der Waals surface area (Å²) < 4.78 is 0. The highest BCUT2D eigenvalue weighted by molar-refractivity contribution is 6.01. The molecule has 2 N–H and O–H groups in total. The molecule has 0 unspecified atom stereocenters. The zero-order chi connectivity index (χ0) is 13.0. The van der Waals surface area contributed by atoms with Crippen LogP contribution >= 0.6 is 0 Å². The average molecular weight is 248 g/mol. The minimum absolute atomic E-state index is 0.125. The molecule has 1 amide bonds. The third-order valence-corrected chi connectivity index (χ3v) is 1.99. The van der Waals surface area contributed by atoms with Crippen LogP contribution in [0.15, 0.2) is 12.1 Å². The number of aromatic nitrogens is 6. The van der Waals surface area contributed by atoms with Crippen molar-refractivity contribution in [3.8, 4) is 0 Å². The smallest absolute Gasteiger partial charge is 0.278 e. The van der Waals surface area contributed by atoms with Gasteiger partial charge in [-0.2, -0.15) is 4.80 Å². The van der Waals surface area contributed by atoms with Crippen molar-refractivity contribution in [3.63, 3.8) is 0 Å². The summed E-state index contributed by atoms with van der Waals surface area (Å²) in [6.07, 6.45) is 0. The lowest BCUT2D eigenvalue weighted by atomic mass is 10.3. The third kappa shape index (κ3) is 2.75. The lowest BCUT2D eigenvalue weighted by Crippen LogP contribution is -2.16. The van der Waals surface area contributed by atoms with Gasteiger partial charge in [0.05, 0.1) is 7.05 Å². The molecule has 2 heterocycles. The van der Waals surface area contributed by atoms with Gasteiger partial charge in [-0.05, 0) is 24.3 Å². The Kier molecular flexibility index (Phi) is 3.41. The lowest BCUT2D eigenvalue weighted by molar-refractivity contribution is 0.102. The first kappa shape index (κ1) is 11.9. The Labute approximate surface area is 103 Å². The number of aryl methyl sites for hydroxylation is 1. The Morgan fingerprint density at radius 2 is 2.17 bits per heavy atom. The topological polar surface area (TPSA) is 111 Å². The molecule has 0 bridgehead atoms. The molecule has 0 atom stereocenters. The second-order valence-corrected chi connectivity index (χ2v) is 3.39. The summed E-state index contributed by atoms with van der Waals surface area (Å²) >= 11 is 0. The number of tetrazole rings is 1. The molecule has 0 spiro atoms. The zero-order valence-corrected chi connectivity index (χ0v) is 9.95. The molecule has 2 aromatic rings. The van der Waals surface area contributed by atoms with E-state index in [2.05, 4.69) is 36.2 Å². The van der Waals surface area contributed by atoms with E-state index in [9.17, 15) is 4.79 Å². The SMILES string of the molecule is CCNc1ccc(C(=O)Nc2nnn(C)n2)nn1. The highest BCUT2D eigenvalue weighted by Gasteiger charge is 2.11. The van der Waals surface area contributed by atoms with Crippen LogP contribution < -0.4 is 10.6 Å². The number of anilines is 2. The van der Waals surface area contributed by atoms with E-state index in [1.165, 1.54) is 4.80 Å². The predicted octanol–water partition coefficient (Wildman–Crippen LogP) is -0.316. The monoisotopic (exact) mass is 248 g/mol. The highest BCUT2D eigenvalue weighted by atomic mass is 16.2. The minimum atomic E-state index is -0.432. The molecule has 0 aliphatic carbocycles. The van der Waals surface area contributed by atoms with Crippen molar-refractivity contribution in [2.45, 2.75) is 6.92 Å². The van der Waals surface area contributed by atoms with E-state index in [0.717, 1.165) is 6.54 Å². The molecule has 9 nitrogen and oxygen atoms in total. The van der Waals surface area contributed by atoms with Crippen LogP contribution in [-0.4, -0.2) is 42.9 Å². The molecule has 0 aromatic carbocycles. The Balaban J connectivity index is 2.04. The minimum Gasteiger partial charge on any atom is -0.369 e. The summed E-state index contributed by atoms with van der Waals surface area (Å²) in [5, 5.41) is 24.2. The van der Waals surface area contributed by atoms with Gasteiger partial charge in [-0.25, -0.2) is 0 Å². The highest BCUT2D eigenvalue weighted by Crippen LogP contribution is 2.03. The molecule has 0 radical (unpaired) electrons. The molecule has 94 valence electrons. The van der Waals surface area contributed by atoms with Crippen molar-refractivity contribution >= 4 is 17.7 Å². The largest absolute Gasteiger partial charge is 0.369 e. The van der Waals surface area contributed by atoms with Gasteiger partial charge < -0.3 is 5.32 Å². The average Bonchev–Trinajstić information content (AvgIpc) is 2.76. The molecule has 0 aliphatic heterocycles. The van der Waals surface area contributed by atoms with E-state index < -0.39 is 5.91 Å². The first-order valence-corrected chi connectivity index (χ1v) is 5.32. The van der Waals surface area contributed by atoms with Crippen molar-refractivity contribution in [1.29, 1.82) is 0 Å². The molecule has 2 aromatic heterocycles. The Bertz CT molecular complexity index is 534. The van der Waals surface area contributed by atoms with Crippen molar-refractivity contribution < 1.29 is 4.79 Å². The van der Waals surface area contributed by atoms with Gasteiger partial charge in [-0.3, -0.25) is 10.1 Å². The Morgan fingerprint density at radius 1 is 1.33 bits per heavy atom. The van der Waals surface area contributed by atoms with Crippen LogP contribution in [-0.2, 0) is 7.05 Å². The van der Waals surface area contributed by atoms with Crippen LogP contribution in [0.2, 0.25) is 0 Å². The van der Waals surface area contributed by atoms with Gasteiger partial charge in [0.25, 0.3) is 11.9 Å². The standard InChI is InChI=1S/C9H12N8O/c1-3-10-7-5-4-6(12-13-7)8(18)11-9-14-16-17(2)15-9/h4-5H,3H2,1-2H3,(H,10,13)(H,11,15,18). The molecule has 0 fully saturated rings. The van der Waals surface area contributed by atoms with Crippen LogP contribution in [0.1, 0.15) is 17.4 Å².